The summed E-state index contributed by atoms with van der Waals surface area (Å²) >= 11 is 0. The second-order valence-corrected chi connectivity index (χ2v) is 9.37. The van der Waals surface area contributed by atoms with Crippen LogP contribution in [0.2, 0.25) is 0 Å². The number of hydrogen-bond acceptors (Lipinski definition) is 9. The molecule has 0 radical (unpaired) electrons. The number of rotatable bonds is 3. The van der Waals surface area contributed by atoms with Gasteiger partial charge in [-0.1, -0.05) is 0 Å². The summed E-state index contributed by atoms with van der Waals surface area (Å²) in [5.74, 6) is 4.27. The third kappa shape index (κ3) is 8.55. The van der Waals surface area contributed by atoms with Gasteiger partial charge in [-0.2, -0.15) is 0 Å². The van der Waals surface area contributed by atoms with E-state index >= 15 is 0 Å². The van der Waals surface area contributed by atoms with E-state index in [4.69, 9.17) is 29.7 Å². The van der Waals surface area contributed by atoms with Gasteiger partial charge in [-0.3, -0.25) is 4.84 Å². The minimum absolute atomic E-state index is 0.321. The first-order valence-corrected chi connectivity index (χ1v) is 9.96. The molecule has 0 spiro atoms. The molecule has 29 heavy (non-hydrogen) atoms. The summed E-state index contributed by atoms with van der Waals surface area (Å²) < 4.78 is 20.6. The average Bonchev–Trinajstić information content (AvgIpc) is 2.60. The first kappa shape index (κ1) is 25.8. The average molecular weight is 420 g/mol. The number of esters is 2. The Hall–Kier alpha value is -1.26. The lowest BCUT2D eigenvalue weighted by Crippen LogP contribution is -2.50. The van der Waals surface area contributed by atoms with Crippen molar-refractivity contribution >= 4 is 11.9 Å². The second kappa shape index (κ2) is 10.2. The normalized spacial score (nSPS) is 21.4. The van der Waals surface area contributed by atoms with Gasteiger partial charge in [0.1, 0.15) is 11.2 Å². The Morgan fingerprint density at radius 2 is 1.17 bits per heavy atom. The van der Waals surface area contributed by atoms with Gasteiger partial charge in [0, 0.05) is 52.1 Å². The van der Waals surface area contributed by atoms with Crippen molar-refractivity contribution in [1.29, 1.82) is 0 Å². The summed E-state index contributed by atoms with van der Waals surface area (Å²) in [7, 11) is 0. The summed E-state index contributed by atoms with van der Waals surface area (Å²) in [6, 6.07) is 0. The fraction of sp³-hybridized carbons (Fsp3) is 0.900. The molecule has 2 fully saturated rings. The minimum Gasteiger partial charge on any atom is -0.458 e. The Bertz CT molecular complexity index is 538. The van der Waals surface area contributed by atoms with E-state index in [2.05, 4.69) is 0 Å². The van der Waals surface area contributed by atoms with Crippen molar-refractivity contribution in [2.24, 2.45) is 5.90 Å². The number of nitrogens with two attached hydrogens (primary N) is 1. The zero-order chi connectivity index (χ0) is 22.3. The Labute approximate surface area is 173 Å². The highest BCUT2D eigenvalue weighted by atomic mass is 16.7. The van der Waals surface area contributed by atoms with E-state index in [-0.39, 0.29) is 0 Å². The van der Waals surface area contributed by atoms with E-state index in [1.807, 2.05) is 20.8 Å². The summed E-state index contributed by atoms with van der Waals surface area (Å²) in [4.78, 5) is 28.3. The van der Waals surface area contributed by atoms with E-state index in [1.165, 1.54) is 0 Å². The molecule has 2 aliphatic rings. The maximum absolute atomic E-state index is 11.9. The molecule has 2 saturated heterocycles. The van der Waals surface area contributed by atoms with Gasteiger partial charge in [0.25, 0.3) is 0 Å². The lowest BCUT2D eigenvalue weighted by atomic mass is 9.94. The molecule has 0 aromatic carbocycles. The van der Waals surface area contributed by atoms with Crippen LogP contribution in [0.15, 0.2) is 0 Å². The van der Waals surface area contributed by atoms with Gasteiger partial charge in [0.05, 0.1) is 0 Å². The van der Waals surface area contributed by atoms with Crippen LogP contribution < -0.4 is 5.90 Å². The molecule has 170 valence electrons. The lowest BCUT2D eigenvalue weighted by Gasteiger charge is -2.34. The van der Waals surface area contributed by atoms with Crippen LogP contribution in [0, 0.1) is 0 Å². The predicted molar refractivity (Wildman–Crippen MR) is 105 cm³/mol. The van der Waals surface area contributed by atoms with Crippen LogP contribution in [-0.4, -0.2) is 65.9 Å². The molecule has 2 aliphatic heterocycles. The smallest absolute Gasteiger partial charge is 0.341 e. The third-order valence-electron chi connectivity index (χ3n) is 4.40. The predicted octanol–water partition coefficient (Wildman–Crippen LogP) is 1.64. The van der Waals surface area contributed by atoms with Crippen LogP contribution in [0.1, 0.15) is 67.2 Å². The van der Waals surface area contributed by atoms with Crippen molar-refractivity contribution in [2.45, 2.75) is 89.6 Å². The lowest BCUT2D eigenvalue weighted by molar-refractivity contribution is -0.196. The minimum atomic E-state index is -1.34. The van der Waals surface area contributed by atoms with E-state index < -0.39 is 34.3 Å². The van der Waals surface area contributed by atoms with Crippen molar-refractivity contribution in [3.8, 4) is 0 Å². The highest BCUT2D eigenvalue weighted by Crippen LogP contribution is 2.27. The van der Waals surface area contributed by atoms with Gasteiger partial charge in [-0.05, 0) is 41.5 Å². The molecule has 0 bridgehead atoms. The van der Waals surface area contributed by atoms with Gasteiger partial charge in [-0.25, -0.2) is 15.5 Å². The zero-order valence-corrected chi connectivity index (χ0v) is 18.5. The number of carbonyl (C=O) groups excluding carboxylic acids is 2. The van der Waals surface area contributed by atoms with Crippen LogP contribution in [-0.2, 0) is 33.4 Å². The van der Waals surface area contributed by atoms with Gasteiger partial charge in [0.2, 0.25) is 0 Å². The SMILES string of the molecule is CC(C)(C)OC(=O)C1(O)CCOCC1.CC(C)(C)OC(=O)C1(ON)CCOCC1. The molecule has 3 N–H and O–H groups in total. The summed E-state index contributed by atoms with van der Waals surface area (Å²) in [5, 5.41) is 9.95. The maximum atomic E-state index is 11.9. The Balaban J connectivity index is 0.000000291. The van der Waals surface area contributed by atoms with E-state index in [9.17, 15) is 14.7 Å². The topological polar surface area (TPSA) is 127 Å². The largest absolute Gasteiger partial charge is 0.458 e. The van der Waals surface area contributed by atoms with E-state index in [1.54, 1.807) is 20.8 Å². The number of hydrogen-bond donors (Lipinski definition) is 2. The summed E-state index contributed by atoms with van der Waals surface area (Å²) in [6.45, 7) is 12.6. The van der Waals surface area contributed by atoms with Crippen LogP contribution in [0.4, 0.5) is 0 Å². The fourth-order valence-electron chi connectivity index (χ4n) is 2.73. The van der Waals surface area contributed by atoms with Crippen molar-refractivity contribution in [1.82, 2.24) is 0 Å². The Kier molecular flexibility index (Phi) is 9.04. The Morgan fingerprint density at radius 1 is 0.793 bits per heavy atom. The molecule has 0 amide bonds. The molecule has 0 unspecified atom stereocenters. The highest BCUT2D eigenvalue weighted by molar-refractivity contribution is 5.80. The summed E-state index contributed by atoms with van der Waals surface area (Å²) in [5.41, 5.74) is -3.44. The number of ether oxygens (including phenoxy) is 4. The van der Waals surface area contributed by atoms with Crippen LogP contribution in [0.25, 0.3) is 0 Å². The molecule has 2 rings (SSSR count). The number of carbonyl (C=O) groups is 2. The monoisotopic (exact) mass is 419 g/mol. The second-order valence-electron chi connectivity index (χ2n) is 9.37. The van der Waals surface area contributed by atoms with E-state index in [0.29, 0.717) is 52.1 Å². The van der Waals surface area contributed by atoms with Crippen molar-refractivity contribution in [3.05, 3.63) is 0 Å². The third-order valence-corrected chi connectivity index (χ3v) is 4.40. The van der Waals surface area contributed by atoms with Gasteiger partial charge in [0.15, 0.2) is 11.2 Å². The van der Waals surface area contributed by atoms with Crippen LogP contribution in [0.5, 0.6) is 0 Å². The molecule has 0 atom stereocenters. The Morgan fingerprint density at radius 3 is 1.55 bits per heavy atom. The molecule has 0 saturated carbocycles. The van der Waals surface area contributed by atoms with Crippen molar-refractivity contribution in [2.75, 3.05) is 26.4 Å². The van der Waals surface area contributed by atoms with Crippen LogP contribution >= 0.6 is 0 Å². The molecule has 2 heterocycles. The quantitative estimate of drug-likeness (QED) is 0.518. The highest BCUT2D eigenvalue weighted by Gasteiger charge is 2.44. The van der Waals surface area contributed by atoms with E-state index in [0.717, 1.165) is 0 Å². The molecule has 9 heteroatoms. The van der Waals surface area contributed by atoms with Crippen molar-refractivity contribution in [3.63, 3.8) is 0 Å². The first-order chi connectivity index (χ1) is 13.2. The standard InChI is InChI=1S/C10H19NO4.C10H18O4/c1-9(2,3)14-8(12)10(15-11)4-6-13-7-5-10;1-9(2,3)14-8(11)10(12)4-6-13-7-5-10/h4-7,11H2,1-3H3;12H,4-7H2,1-3H3. The first-order valence-electron chi connectivity index (χ1n) is 9.96. The molecule has 0 aromatic heterocycles. The van der Waals surface area contributed by atoms with Gasteiger partial charge >= 0.3 is 11.9 Å². The molecule has 9 nitrogen and oxygen atoms in total. The van der Waals surface area contributed by atoms with Gasteiger partial charge in [-0.15, -0.1) is 0 Å². The molecule has 0 aromatic rings. The number of aliphatic hydroxyl groups is 1. The molecule has 0 aliphatic carbocycles. The van der Waals surface area contributed by atoms with Gasteiger partial charge < -0.3 is 24.1 Å². The summed E-state index contributed by atoms with van der Waals surface area (Å²) in [6.07, 6.45) is 1.53. The maximum Gasteiger partial charge on any atom is 0.341 e. The fourth-order valence-corrected chi connectivity index (χ4v) is 2.73. The molecular weight excluding hydrogens is 382 g/mol. The van der Waals surface area contributed by atoms with Crippen LogP contribution in [0.3, 0.4) is 0 Å². The van der Waals surface area contributed by atoms with Crippen molar-refractivity contribution < 1.29 is 38.5 Å². The molecular formula is C20H37NO8. The zero-order valence-electron chi connectivity index (χ0n) is 18.5.